The summed E-state index contributed by atoms with van der Waals surface area (Å²) in [7, 11) is 0. The Morgan fingerprint density at radius 1 is 1.77 bits per heavy atom. The number of rotatable bonds is 2. The fourth-order valence-electron chi connectivity index (χ4n) is 1.19. The van der Waals surface area contributed by atoms with Gasteiger partial charge in [-0.05, 0) is 19.1 Å². The largest absolute Gasteiger partial charge is 0.478 e. The Labute approximate surface area is 79.8 Å². The predicted octanol–water partition coefficient (Wildman–Crippen LogP) is 0.161. The second-order valence-corrected chi connectivity index (χ2v) is 3.06. The molecule has 0 aromatic rings. The van der Waals surface area contributed by atoms with E-state index < -0.39 is 18.7 Å². The van der Waals surface area contributed by atoms with Gasteiger partial charge in [0.05, 0.1) is 11.6 Å². The zero-order chi connectivity index (χ0) is 10.0. The van der Waals surface area contributed by atoms with E-state index in [4.69, 9.17) is 17.3 Å². The van der Waals surface area contributed by atoms with Crippen LogP contribution in [-0.4, -0.2) is 28.9 Å². The van der Waals surface area contributed by atoms with Gasteiger partial charge in [-0.3, -0.25) is 0 Å². The van der Waals surface area contributed by atoms with Gasteiger partial charge in [-0.15, -0.1) is 0 Å². The van der Waals surface area contributed by atoms with E-state index in [1.165, 1.54) is 0 Å². The van der Waals surface area contributed by atoms with Gasteiger partial charge in [0.15, 0.2) is 5.11 Å². The molecule has 0 aromatic carbocycles. The molecule has 1 aliphatic heterocycles. The van der Waals surface area contributed by atoms with Crippen LogP contribution in [-0.2, 0) is 4.79 Å². The van der Waals surface area contributed by atoms with E-state index in [1.807, 2.05) is 0 Å². The monoisotopic (exact) mass is 204 g/mol. The first-order valence-electron chi connectivity index (χ1n) is 3.63. The van der Waals surface area contributed by atoms with Crippen LogP contribution in [0.2, 0.25) is 0 Å². The molecule has 0 bridgehead atoms. The SMILES string of the molecule is CC1=C(C(=O)O)C(CF)NC(=S)N1. The molecule has 0 aromatic heterocycles. The highest BCUT2D eigenvalue weighted by Gasteiger charge is 2.27. The van der Waals surface area contributed by atoms with Crippen molar-refractivity contribution >= 4 is 23.3 Å². The zero-order valence-corrected chi connectivity index (χ0v) is 7.74. The molecule has 6 heteroatoms. The maximum Gasteiger partial charge on any atom is 0.335 e. The van der Waals surface area contributed by atoms with Crippen LogP contribution in [0.4, 0.5) is 4.39 Å². The topological polar surface area (TPSA) is 61.4 Å². The van der Waals surface area contributed by atoms with Crippen LogP contribution < -0.4 is 10.6 Å². The van der Waals surface area contributed by atoms with Gasteiger partial charge < -0.3 is 15.7 Å². The van der Waals surface area contributed by atoms with Gasteiger partial charge >= 0.3 is 5.97 Å². The fourth-order valence-corrected chi connectivity index (χ4v) is 1.49. The summed E-state index contributed by atoms with van der Waals surface area (Å²) in [5.74, 6) is -1.14. The number of carboxylic acids is 1. The standard InChI is InChI=1S/C7H9FN2O2S/c1-3-5(6(11)12)4(2-8)10-7(13)9-3/h4H,2H2,1H3,(H,11,12)(H2,9,10,13). The summed E-state index contributed by atoms with van der Waals surface area (Å²) in [6, 6.07) is -0.841. The number of carboxylic acid groups (broad SMARTS) is 1. The predicted molar refractivity (Wildman–Crippen MR) is 49.0 cm³/mol. The minimum Gasteiger partial charge on any atom is -0.478 e. The number of halogens is 1. The minimum absolute atomic E-state index is 0.00361. The third-order valence-electron chi connectivity index (χ3n) is 1.74. The molecule has 1 rings (SSSR count). The molecular formula is C7H9FN2O2S. The lowest BCUT2D eigenvalue weighted by atomic mass is 10.1. The lowest BCUT2D eigenvalue weighted by Crippen LogP contribution is -2.50. The van der Waals surface area contributed by atoms with Crippen molar-refractivity contribution in [2.45, 2.75) is 13.0 Å². The Bertz CT molecular complexity index is 290. The third-order valence-corrected chi connectivity index (χ3v) is 1.96. The molecule has 0 saturated carbocycles. The number of aliphatic carboxylic acids is 1. The van der Waals surface area contributed by atoms with Crippen LogP contribution in [0.25, 0.3) is 0 Å². The van der Waals surface area contributed by atoms with Gasteiger partial charge in [0.1, 0.15) is 6.67 Å². The quantitative estimate of drug-likeness (QED) is 0.559. The Morgan fingerprint density at radius 2 is 2.38 bits per heavy atom. The second kappa shape index (κ2) is 3.69. The van der Waals surface area contributed by atoms with Gasteiger partial charge in [-0.1, -0.05) is 0 Å². The van der Waals surface area contributed by atoms with Crippen LogP contribution >= 0.6 is 12.2 Å². The van der Waals surface area contributed by atoms with Crippen LogP contribution in [0.5, 0.6) is 0 Å². The van der Waals surface area contributed by atoms with Gasteiger partial charge in [0.2, 0.25) is 0 Å². The maximum absolute atomic E-state index is 12.4. The van der Waals surface area contributed by atoms with Crippen molar-refractivity contribution in [3.8, 4) is 0 Å². The lowest BCUT2D eigenvalue weighted by molar-refractivity contribution is -0.133. The van der Waals surface area contributed by atoms with Gasteiger partial charge in [-0.25, -0.2) is 9.18 Å². The Hall–Kier alpha value is -1.17. The average molecular weight is 204 g/mol. The van der Waals surface area contributed by atoms with Crippen LogP contribution in [0.1, 0.15) is 6.92 Å². The van der Waals surface area contributed by atoms with Crippen LogP contribution in [0.15, 0.2) is 11.3 Å². The first-order chi connectivity index (χ1) is 6.06. The zero-order valence-electron chi connectivity index (χ0n) is 6.93. The number of alkyl halides is 1. The summed E-state index contributed by atoms with van der Waals surface area (Å²) in [5.41, 5.74) is 0.384. The molecule has 1 unspecified atom stereocenters. The molecule has 1 aliphatic rings. The Kier molecular flexibility index (Phi) is 2.82. The number of thiocarbonyl (C=S) groups is 1. The van der Waals surface area contributed by atoms with E-state index in [2.05, 4.69) is 10.6 Å². The van der Waals surface area contributed by atoms with Gasteiger partial charge in [-0.2, -0.15) is 0 Å². The molecule has 0 saturated heterocycles. The molecule has 1 atom stereocenters. The summed E-state index contributed by atoms with van der Waals surface area (Å²) < 4.78 is 12.4. The molecule has 4 nitrogen and oxygen atoms in total. The van der Waals surface area contributed by atoms with E-state index in [0.717, 1.165) is 0 Å². The lowest BCUT2D eigenvalue weighted by Gasteiger charge is -2.26. The number of nitrogens with one attached hydrogen (secondary N) is 2. The fraction of sp³-hybridized carbons (Fsp3) is 0.429. The molecule has 0 amide bonds. The molecule has 1 heterocycles. The molecule has 0 radical (unpaired) electrons. The van der Waals surface area contributed by atoms with Crippen molar-refractivity contribution in [2.24, 2.45) is 0 Å². The van der Waals surface area contributed by atoms with Crippen molar-refractivity contribution in [3.05, 3.63) is 11.3 Å². The van der Waals surface area contributed by atoms with E-state index in [-0.39, 0.29) is 10.7 Å². The molecular weight excluding hydrogens is 195 g/mol. The summed E-state index contributed by atoms with van der Waals surface area (Å²) in [4.78, 5) is 10.7. The van der Waals surface area contributed by atoms with Crippen LogP contribution in [0, 0.1) is 0 Å². The van der Waals surface area contributed by atoms with Gasteiger partial charge in [0, 0.05) is 5.70 Å². The third kappa shape index (κ3) is 1.95. The molecule has 0 spiro atoms. The molecule has 13 heavy (non-hydrogen) atoms. The van der Waals surface area contributed by atoms with Crippen LogP contribution in [0.3, 0.4) is 0 Å². The first kappa shape index (κ1) is 9.91. The van der Waals surface area contributed by atoms with E-state index in [1.54, 1.807) is 6.92 Å². The Balaban J connectivity index is 3.02. The molecule has 0 aliphatic carbocycles. The summed E-state index contributed by atoms with van der Waals surface area (Å²) >= 11 is 4.75. The van der Waals surface area contributed by atoms with Crippen molar-refractivity contribution in [3.63, 3.8) is 0 Å². The minimum atomic E-state index is -1.14. The number of allylic oxidation sites excluding steroid dienone is 1. The summed E-state index contributed by atoms with van der Waals surface area (Å²) in [5, 5.41) is 14.2. The van der Waals surface area contributed by atoms with E-state index in [0.29, 0.717) is 5.70 Å². The highest BCUT2D eigenvalue weighted by molar-refractivity contribution is 7.80. The smallest absolute Gasteiger partial charge is 0.335 e. The molecule has 3 N–H and O–H groups in total. The molecule has 72 valence electrons. The van der Waals surface area contributed by atoms with Crippen molar-refractivity contribution < 1.29 is 14.3 Å². The molecule has 0 fully saturated rings. The number of hydrogen-bond donors (Lipinski definition) is 3. The van der Waals surface area contributed by atoms with Crippen molar-refractivity contribution in [2.75, 3.05) is 6.67 Å². The number of carbonyl (C=O) groups is 1. The summed E-state index contributed by atoms with van der Waals surface area (Å²) in [6.07, 6.45) is 0. The van der Waals surface area contributed by atoms with E-state index >= 15 is 0 Å². The van der Waals surface area contributed by atoms with Gasteiger partial charge in [0.25, 0.3) is 0 Å². The highest BCUT2D eigenvalue weighted by Crippen LogP contribution is 2.12. The second-order valence-electron chi connectivity index (χ2n) is 2.65. The Morgan fingerprint density at radius 3 is 2.85 bits per heavy atom. The van der Waals surface area contributed by atoms with Crippen molar-refractivity contribution in [1.82, 2.24) is 10.6 Å². The first-order valence-corrected chi connectivity index (χ1v) is 4.04. The maximum atomic E-state index is 12.4. The average Bonchev–Trinajstić information content (AvgIpc) is 2.01. The van der Waals surface area contributed by atoms with E-state index in [9.17, 15) is 9.18 Å². The summed E-state index contributed by atoms with van der Waals surface area (Å²) in [6.45, 7) is 0.764. The number of hydrogen-bond acceptors (Lipinski definition) is 2. The van der Waals surface area contributed by atoms with Crippen molar-refractivity contribution in [1.29, 1.82) is 0 Å². The normalized spacial score (nSPS) is 22.3. The highest BCUT2D eigenvalue weighted by atomic mass is 32.1.